The van der Waals surface area contributed by atoms with Crippen molar-refractivity contribution in [2.75, 3.05) is 0 Å². The molecule has 0 heterocycles. The van der Waals surface area contributed by atoms with Crippen molar-refractivity contribution in [2.45, 2.75) is 77.6 Å². The number of hydrogen-bond acceptors (Lipinski definition) is 5. The van der Waals surface area contributed by atoms with E-state index in [2.05, 4.69) is 17.4 Å². The number of aliphatic hydroxyl groups excluding tert-OH is 2. The number of benzene rings is 4. The molecule has 2 unspecified atom stereocenters. The van der Waals surface area contributed by atoms with Crippen molar-refractivity contribution in [3.63, 3.8) is 0 Å². The van der Waals surface area contributed by atoms with Crippen molar-refractivity contribution in [3.05, 3.63) is 144 Å². The van der Waals surface area contributed by atoms with Gasteiger partial charge in [-0.25, -0.2) is 4.79 Å². The molecule has 3 N–H and O–H groups in total. The summed E-state index contributed by atoms with van der Waals surface area (Å²) in [6.45, 7) is 10.5. The van der Waals surface area contributed by atoms with Gasteiger partial charge in [0.2, 0.25) is 0 Å². The lowest BCUT2D eigenvalue weighted by Gasteiger charge is -2.34. The molecule has 6 nitrogen and oxygen atoms in total. The third-order valence-corrected chi connectivity index (χ3v) is 7.00. The Morgan fingerprint density at radius 2 is 1.12 bits per heavy atom. The van der Waals surface area contributed by atoms with E-state index in [1.807, 2.05) is 144 Å². The highest BCUT2D eigenvalue weighted by Crippen LogP contribution is 2.24. The van der Waals surface area contributed by atoms with E-state index in [1.54, 1.807) is 4.90 Å². The first kappa shape index (κ1) is 33.5. The Labute approximate surface area is 257 Å². The Morgan fingerprint density at radius 3 is 1.58 bits per heavy atom. The molecular formula is C37H46N2O4. The number of rotatable bonds is 10. The molecule has 0 aliphatic heterocycles. The molecule has 0 aliphatic carbocycles. The van der Waals surface area contributed by atoms with Gasteiger partial charge in [0, 0.05) is 19.1 Å². The predicted molar refractivity (Wildman–Crippen MR) is 173 cm³/mol. The van der Waals surface area contributed by atoms with Gasteiger partial charge in [0.05, 0.1) is 18.2 Å². The van der Waals surface area contributed by atoms with E-state index in [9.17, 15) is 15.0 Å². The predicted octanol–water partition coefficient (Wildman–Crippen LogP) is 7.44. The molecule has 4 aromatic carbocycles. The lowest BCUT2D eigenvalue weighted by atomic mass is 10.0. The number of hydrogen-bond donors (Lipinski definition) is 3. The smallest absolute Gasteiger partial charge is 0.410 e. The third-order valence-electron chi connectivity index (χ3n) is 7.00. The second kappa shape index (κ2) is 16.6. The van der Waals surface area contributed by atoms with Gasteiger partial charge < -0.3 is 20.3 Å². The van der Waals surface area contributed by atoms with Gasteiger partial charge in [0.1, 0.15) is 5.60 Å². The number of nitrogens with one attached hydrogen (secondary N) is 1. The molecule has 6 heteroatoms. The Bertz CT molecular complexity index is 1330. The Hall–Kier alpha value is -3.97. The number of nitrogens with zero attached hydrogens (tertiary/aromatic N) is 1. The quantitative estimate of drug-likeness (QED) is 0.181. The fourth-order valence-electron chi connectivity index (χ4n) is 4.50. The SMILES string of the molecule is C[C@@H](C(O)c1ccccc1)N(Cc1ccccc1)C(=O)OC(C)(C)C.C[C@H](NCc1ccccc1)C(O)c1ccccc1. The fourth-order valence-corrected chi connectivity index (χ4v) is 4.50. The van der Waals surface area contributed by atoms with Crippen LogP contribution in [0.2, 0.25) is 0 Å². The summed E-state index contributed by atoms with van der Waals surface area (Å²) in [4.78, 5) is 14.3. The molecule has 4 atom stereocenters. The summed E-state index contributed by atoms with van der Waals surface area (Å²) < 4.78 is 5.56. The number of ether oxygens (including phenoxy) is 1. The maximum atomic E-state index is 12.7. The summed E-state index contributed by atoms with van der Waals surface area (Å²) >= 11 is 0. The van der Waals surface area contributed by atoms with Crippen molar-refractivity contribution in [1.82, 2.24) is 10.2 Å². The lowest BCUT2D eigenvalue weighted by Crippen LogP contribution is -2.44. The van der Waals surface area contributed by atoms with Gasteiger partial charge in [-0.1, -0.05) is 121 Å². The lowest BCUT2D eigenvalue weighted by molar-refractivity contribution is -0.00535. The van der Waals surface area contributed by atoms with E-state index >= 15 is 0 Å². The monoisotopic (exact) mass is 582 g/mol. The molecule has 0 aliphatic rings. The average molecular weight is 583 g/mol. The van der Waals surface area contributed by atoms with Gasteiger partial charge in [-0.3, -0.25) is 4.90 Å². The number of amides is 1. The van der Waals surface area contributed by atoms with Crippen molar-refractivity contribution in [3.8, 4) is 0 Å². The van der Waals surface area contributed by atoms with Gasteiger partial charge in [0.15, 0.2) is 0 Å². The summed E-state index contributed by atoms with van der Waals surface area (Å²) in [5.41, 5.74) is 3.34. The highest BCUT2D eigenvalue weighted by Gasteiger charge is 2.30. The summed E-state index contributed by atoms with van der Waals surface area (Å²) in [5.74, 6) is 0. The van der Waals surface area contributed by atoms with Crippen LogP contribution in [-0.4, -0.2) is 38.9 Å². The first-order valence-corrected chi connectivity index (χ1v) is 14.8. The highest BCUT2D eigenvalue weighted by molar-refractivity contribution is 5.68. The second-order valence-corrected chi connectivity index (χ2v) is 11.7. The van der Waals surface area contributed by atoms with E-state index in [0.29, 0.717) is 6.54 Å². The molecule has 0 radical (unpaired) electrons. The van der Waals surface area contributed by atoms with Gasteiger partial charge in [-0.15, -0.1) is 0 Å². The van der Waals surface area contributed by atoms with E-state index < -0.39 is 29.9 Å². The van der Waals surface area contributed by atoms with Crippen molar-refractivity contribution < 1.29 is 19.7 Å². The minimum absolute atomic E-state index is 0.0209. The summed E-state index contributed by atoms with van der Waals surface area (Å²) in [5, 5.41) is 24.3. The molecule has 43 heavy (non-hydrogen) atoms. The van der Waals surface area contributed by atoms with Crippen LogP contribution >= 0.6 is 0 Å². The zero-order valence-electron chi connectivity index (χ0n) is 25.9. The van der Waals surface area contributed by atoms with Crippen LogP contribution in [0.4, 0.5) is 4.79 Å². The molecule has 228 valence electrons. The van der Waals surface area contributed by atoms with Crippen LogP contribution in [0, 0.1) is 0 Å². The van der Waals surface area contributed by atoms with E-state index in [0.717, 1.165) is 23.2 Å². The van der Waals surface area contributed by atoms with Gasteiger partial charge in [-0.05, 0) is 56.9 Å². The highest BCUT2D eigenvalue weighted by atomic mass is 16.6. The normalized spacial score (nSPS) is 13.9. The first-order chi connectivity index (χ1) is 20.5. The zero-order valence-corrected chi connectivity index (χ0v) is 25.9. The van der Waals surface area contributed by atoms with Crippen LogP contribution in [-0.2, 0) is 17.8 Å². The molecule has 0 bridgehead atoms. The fraction of sp³-hybridized carbons (Fsp3) is 0.324. The van der Waals surface area contributed by atoms with Crippen LogP contribution < -0.4 is 5.32 Å². The molecule has 0 saturated heterocycles. The molecule has 0 aromatic heterocycles. The number of carbonyl (C=O) groups excluding carboxylic acids is 1. The van der Waals surface area contributed by atoms with Crippen molar-refractivity contribution in [2.24, 2.45) is 0 Å². The van der Waals surface area contributed by atoms with Crippen molar-refractivity contribution >= 4 is 6.09 Å². The standard InChI is InChI=1S/C21H27NO3.C16H19NO/c1-16(19(23)18-13-9-6-10-14-18)22(20(24)25-21(2,3)4)15-17-11-7-5-8-12-17;1-13(16(18)15-10-6-3-7-11-15)17-12-14-8-4-2-5-9-14/h5-14,16,19,23H,15H2,1-4H3;2-11,13,16-18H,12H2,1H3/t16-,19?;13-,16?/m00/s1. The second-order valence-electron chi connectivity index (χ2n) is 11.7. The summed E-state index contributed by atoms with van der Waals surface area (Å²) in [6.07, 6.45) is -1.70. The van der Waals surface area contributed by atoms with Gasteiger partial charge in [0.25, 0.3) is 0 Å². The van der Waals surface area contributed by atoms with Gasteiger partial charge in [-0.2, -0.15) is 0 Å². The Balaban J connectivity index is 0.000000248. The zero-order chi connectivity index (χ0) is 31.2. The Morgan fingerprint density at radius 1 is 0.698 bits per heavy atom. The Kier molecular flexibility index (Phi) is 13.0. The van der Waals surface area contributed by atoms with Crippen LogP contribution in [0.1, 0.15) is 69.1 Å². The molecular weight excluding hydrogens is 536 g/mol. The number of carbonyl (C=O) groups is 1. The summed E-state index contributed by atoms with van der Waals surface area (Å²) in [7, 11) is 0. The molecule has 4 rings (SSSR count). The van der Waals surface area contributed by atoms with Crippen molar-refractivity contribution in [1.29, 1.82) is 0 Å². The van der Waals surface area contributed by atoms with E-state index in [1.165, 1.54) is 5.56 Å². The summed E-state index contributed by atoms with van der Waals surface area (Å²) in [6, 6.07) is 38.6. The number of aliphatic hydroxyl groups is 2. The van der Waals surface area contributed by atoms with Crippen LogP contribution in [0.5, 0.6) is 0 Å². The molecule has 0 saturated carbocycles. The average Bonchev–Trinajstić information content (AvgIpc) is 3.02. The first-order valence-electron chi connectivity index (χ1n) is 14.8. The molecule has 0 fully saturated rings. The molecule has 0 spiro atoms. The maximum absolute atomic E-state index is 12.7. The minimum atomic E-state index is -0.794. The molecule has 1 amide bonds. The molecule has 4 aromatic rings. The van der Waals surface area contributed by atoms with Crippen LogP contribution in [0.25, 0.3) is 0 Å². The third kappa shape index (κ3) is 11.3. The van der Waals surface area contributed by atoms with Crippen LogP contribution in [0.3, 0.4) is 0 Å². The van der Waals surface area contributed by atoms with Crippen LogP contribution in [0.15, 0.2) is 121 Å². The topological polar surface area (TPSA) is 82.0 Å². The minimum Gasteiger partial charge on any atom is -0.444 e. The maximum Gasteiger partial charge on any atom is 0.410 e. The van der Waals surface area contributed by atoms with Gasteiger partial charge >= 0.3 is 6.09 Å². The van der Waals surface area contributed by atoms with E-state index in [4.69, 9.17) is 4.74 Å². The largest absolute Gasteiger partial charge is 0.444 e. The van der Waals surface area contributed by atoms with E-state index in [-0.39, 0.29) is 6.04 Å².